The number of carbonyl (C=O) groups is 2. The van der Waals surface area contributed by atoms with Crippen LogP contribution in [0.3, 0.4) is 0 Å². The van der Waals surface area contributed by atoms with Crippen LogP contribution in [0.25, 0.3) is 0 Å². The van der Waals surface area contributed by atoms with E-state index in [0.717, 1.165) is 19.3 Å². The minimum absolute atomic E-state index is 0.0400. The summed E-state index contributed by atoms with van der Waals surface area (Å²) in [7, 11) is 0. The van der Waals surface area contributed by atoms with E-state index in [1.807, 2.05) is 0 Å². The fourth-order valence-electron chi connectivity index (χ4n) is 1.84. The highest BCUT2D eigenvalue weighted by molar-refractivity contribution is 5.85. The van der Waals surface area contributed by atoms with Crippen molar-refractivity contribution in [3.63, 3.8) is 0 Å². The molecular formula is C11H20N2O3. The van der Waals surface area contributed by atoms with Crippen molar-refractivity contribution < 1.29 is 14.3 Å². The summed E-state index contributed by atoms with van der Waals surface area (Å²) in [6.45, 7) is 4.14. The molecule has 0 aromatic rings. The SMILES string of the molecule is CCOC(=O)CNC(=O)[C@@H]1CC[C@@H](CC)N1. The second-order valence-corrected chi connectivity index (χ2v) is 3.92. The largest absolute Gasteiger partial charge is 0.465 e. The minimum Gasteiger partial charge on any atom is -0.465 e. The highest BCUT2D eigenvalue weighted by atomic mass is 16.5. The van der Waals surface area contributed by atoms with E-state index < -0.39 is 0 Å². The molecule has 0 radical (unpaired) electrons. The molecule has 5 heteroatoms. The maximum atomic E-state index is 11.6. The first-order chi connectivity index (χ1) is 7.67. The van der Waals surface area contributed by atoms with Gasteiger partial charge in [0.25, 0.3) is 0 Å². The van der Waals surface area contributed by atoms with Crippen molar-refractivity contribution in [2.45, 2.75) is 45.2 Å². The summed E-state index contributed by atoms with van der Waals surface area (Å²) in [4.78, 5) is 22.7. The molecule has 1 aliphatic heterocycles. The van der Waals surface area contributed by atoms with E-state index >= 15 is 0 Å². The molecule has 1 saturated heterocycles. The first-order valence-corrected chi connectivity index (χ1v) is 5.86. The third-order valence-corrected chi connectivity index (χ3v) is 2.76. The molecule has 1 heterocycles. The summed E-state index contributed by atoms with van der Waals surface area (Å²) in [5.74, 6) is -0.495. The summed E-state index contributed by atoms with van der Waals surface area (Å²) in [6, 6.07) is 0.276. The summed E-state index contributed by atoms with van der Waals surface area (Å²) in [5, 5.41) is 5.81. The van der Waals surface area contributed by atoms with Crippen molar-refractivity contribution in [1.29, 1.82) is 0 Å². The fourth-order valence-corrected chi connectivity index (χ4v) is 1.84. The van der Waals surface area contributed by atoms with Crippen LogP contribution in [0.15, 0.2) is 0 Å². The zero-order valence-corrected chi connectivity index (χ0v) is 9.91. The second-order valence-electron chi connectivity index (χ2n) is 3.92. The van der Waals surface area contributed by atoms with Crippen molar-refractivity contribution >= 4 is 11.9 Å². The van der Waals surface area contributed by atoms with Gasteiger partial charge < -0.3 is 15.4 Å². The van der Waals surface area contributed by atoms with Crippen LogP contribution in [-0.2, 0) is 14.3 Å². The molecule has 0 aromatic heterocycles. The molecule has 0 aromatic carbocycles. The van der Waals surface area contributed by atoms with Gasteiger partial charge in [-0.15, -0.1) is 0 Å². The average Bonchev–Trinajstić information content (AvgIpc) is 2.75. The van der Waals surface area contributed by atoms with Crippen LogP contribution in [0, 0.1) is 0 Å². The number of esters is 1. The Kier molecular flexibility index (Phi) is 5.25. The van der Waals surface area contributed by atoms with E-state index in [0.29, 0.717) is 12.6 Å². The zero-order chi connectivity index (χ0) is 12.0. The monoisotopic (exact) mass is 228 g/mol. The lowest BCUT2D eigenvalue weighted by Crippen LogP contribution is -2.44. The number of hydrogen-bond acceptors (Lipinski definition) is 4. The maximum Gasteiger partial charge on any atom is 0.325 e. The Hall–Kier alpha value is -1.10. The maximum absolute atomic E-state index is 11.6. The molecule has 1 fully saturated rings. The van der Waals surface area contributed by atoms with Crippen LogP contribution in [0.1, 0.15) is 33.1 Å². The van der Waals surface area contributed by atoms with Gasteiger partial charge in [-0.3, -0.25) is 9.59 Å². The molecule has 1 rings (SSSR count). The standard InChI is InChI=1S/C11H20N2O3/c1-3-8-5-6-9(13-8)11(15)12-7-10(14)16-4-2/h8-9,13H,3-7H2,1-2H3,(H,12,15)/t8-,9+/m1/s1. The molecule has 0 saturated carbocycles. The first-order valence-electron chi connectivity index (χ1n) is 5.86. The molecule has 0 aliphatic carbocycles. The summed E-state index contributed by atoms with van der Waals surface area (Å²) in [6.07, 6.45) is 2.89. The van der Waals surface area contributed by atoms with Gasteiger partial charge in [0.05, 0.1) is 12.6 Å². The molecule has 2 N–H and O–H groups in total. The highest BCUT2D eigenvalue weighted by Crippen LogP contribution is 2.14. The normalized spacial score (nSPS) is 24.1. The van der Waals surface area contributed by atoms with Crippen molar-refractivity contribution in [1.82, 2.24) is 10.6 Å². The lowest BCUT2D eigenvalue weighted by atomic mass is 10.1. The Morgan fingerprint density at radius 2 is 2.12 bits per heavy atom. The molecule has 1 amide bonds. The van der Waals surface area contributed by atoms with Crippen LogP contribution < -0.4 is 10.6 Å². The van der Waals surface area contributed by atoms with E-state index in [1.165, 1.54) is 0 Å². The summed E-state index contributed by atoms with van der Waals surface area (Å²) in [5.41, 5.74) is 0. The molecular weight excluding hydrogens is 208 g/mol. The first kappa shape index (κ1) is 13.0. The summed E-state index contributed by atoms with van der Waals surface area (Å²) < 4.78 is 4.72. The van der Waals surface area contributed by atoms with Gasteiger partial charge in [0, 0.05) is 6.04 Å². The second kappa shape index (κ2) is 6.48. The Balaban J connectivity index is 2.23. The van der Waals surface area contributed by atoms with Crippen molar-refractivity contribution in [3.05, 3.63) is 0 Å². The Morgan fingerprint density at radius 1 is 1.38 bits per heavy atom. The predicted octanol–water partition coefficient (Wildman–Crippen LogP) is 0.196. The lowest BCUT2D eigenvalue weighted by Gasteiger charge is -2.12. The zero-order valence-electron chi connectivity index (χ0n) is 9.91. The van der Waals surface area contributed by atoms with E-state index in [9.17, 15) is 9.59 Å². The van der Waals surface area contributed by atoms with E-state index in [2.05, 4.69) is 17.6 Å². The average molecular weight is 228 g/mol. The number of rotatable bonds is 5. The van der Waals surface area contributed by atoms with Crippen molar-refractivity contribution in [2.24, 2.45) is 0 Å². The number of nitrogens with one attached hydrogen (secondary N) is 2. The third-order valence-electron chi connectivity index (χ3n) is 2.76. The number of carbonyl (C=O) groups excluding carboxylic acids is 2. The quantitative estimate of drug-likeness (QED) is 0.659. The number of ether oxygens (including phenoxy) is 1. The Labute approximate surface area is 95.9 Å². The molecule has 2 atom stereocenters. The van der Waals surface area contributed by atoms with Gasteiger partial charge in [-0.2, -0.15) is 0 Å². The molecule has 0 spiro atoms. The van der Waals surface area contributed by atoms with Crippen LogP contribution in [-0.4, -0.2) is 37.1 Å². The topological polar surface area (TPSA) is 67.4 Å². The van der Waals surface area contributed by atoms with Gasteiger partial charge in [-0.05, 0) is 26.2 Å². The minimum atomic E-state index is -0.388. The molecule has 16 heavy (non-hydrogen) atoms. The molecule has 5 nitrogen and oxygen atoms in total. The van der Waals surface area contributed by atoms with E-state index in [4.69, 9.17) is 4.74 Å². The highest BCUT2D eigenvalue weighted by Gasteiger charge is 2.27. The van der Waals surface area contributed by atoms with Gasteiger partial charge in [0.15, 0.2) is 0 Å². The van der Waals surface area contributed by atoms with Gasteiger partial charge in [-0.1, -0.05) is 6.92 Å². The molecule has 0 bridgehead atoms. The van der Waals surface area contributed by atoms with Gasteiger partial charge in [-0.25, -0.2) is 0 Å². The lowest BCUT2D eigenvalue weighted by molar-refractivity contribution is -0.143. The van der Waals surface area contributed by atoms with Crippen LogP contribution >= 0.6 is 0 Å². The smallest absolute Gasteiger partial charge is 0.325 e. The Bertz CT molecular complexity index is 256. The molecule has 92 valence electrons. The van der Waals surface area contributed by atoms with Crippen LogP contribution in [0.4, 0.5) is 0 Å². The van der Waals surface area contributed by atoms with E-state index in [-0.39, 0.29) is 24.5 Å². The van der Waals surface area contributed by atoms with Crippen LogP contribution in [0.2, 0.25) is 0 Å². The number of amides is 1. The van der Waals surface area contributed by atoms with Gasteiger partial charge in [0.1, 0.15) is 6.54 Å². The summed E-state index contributed by atoms with van der Waals surface area (Å²) >= 11 is 0. The van der Waals surface area contributed by atoms with E-state index in [1.54, 1.807) is 6.92 Å². The van der Waals surface area contributed by atoms with Gasteiger partial charge >= 0.3 is 5.97 Å². The number of hydrogen-bond donors (Lipinski definition) is 2. The molecule has 0 unspecified atom stereocenters. The third kappa shape index (κ3) is 3.81. The Morgan fingerprint density at radius 3 is 2.69 bits per heavy atom. The molecule has 1 aliphatic rings. The predicted molar refractivity (Wildman–Crippen MR) is 59.9 cm³/mol. The van der Waals surface area contributed by atoms with Crippen molar-refractivity contribution in [2.75, 3.05) is 13.2 Å². The fraction of sp³-hybridized carbons (Fsp3) is 0.818. The van der Waals surface area contributed by atoms with Crippen LogP contribution in [0.5, 0.6) is 0 Å². The van der Waals surface area contributed by atoms with Gasteiger partial charge in [0.2, 0.25) is 5.91 Å². The van der Waals surface area contributed by atoms with Crippen molar-refractivity contribution in [3.8, 4) is 0 Å².